The molecule has 0 aromatic rings. The first-order valence-electron chi connectivity index (χ1n) is 5.34. The Hall–Kier alpha value is -1.06. The van der Waals surface area contributed by atoms with Crippen LogP contribution in [0.15, 0.2) is 10.2 Å². The van der Waals surface area contributed by atoms with Crippen molar-refractivity contribution >= 4 is 12.4 Å². The molecular weight excluding hydrogens is 176 g/mol. The Morgan fingerprint density at radius 2 is 1.00 bits per heavy atom. The highest BCUT2D eigenvalue weighted by Gasteiger charge is 1.90. The molecule has 0 heterocycles. The van der Waals surface area contributed by atoms with Crippen molar-refractivity contribution in [3.8, 4) is 0 Å². The Balaban J connectivity index is 3.89. The van der Waals surface area contributed by atoms with E-state index in [9.17, 15) is 0 Å². The van der Waals surface area contributed by atoms with E-state index in [1.54, 1.807) is 12.4 Å². The van der Waals surface area contributed by atoms with Crippen LogP contribution in [0.1, 0.15) is 27.7 Å². The molecule has 0 bridgehead atoms. The first-order valence-corrected chi connectivity index (χ1v) is 5.34. The zero-order chi connectivity index (χ0) is 10.8. The summed E-state index contributed by atoms with van der Waals surface area (Å²) in [5, 5.41) is 12.4. The van der Waals surface area contributed by atoms with Crippen LogP contribution in [-0.4, -0.2) is 48.6 Å². The van der Waals surface area contributed by atoms with Crippen LogP contribution in [0, 0.1) is 0 Å². The van der Waals surface area contributed by atoms with Crippen molar-refractivity contribution in [1.82, 2.24) is 10.0 Å². The molecular formula is C10H22N4. The number of hydrogen-bond acceptors (Lipinski definition) is 4. The van der Waals surface area contributed by atoms with Gasteiger partial charge < -0.3 is 0 Å². The molecule has 82 valence electrons. The molecule has 0 N–H and O–H groups in total. The van der Waals surface area contributed by atoms with E-state index < -0.39 is 0 Å². The van der Waals surface area contributed by atoms with Crippen LogP contribution in [0.25, 0.3) is 0 Å². The van der Waals surface area contributed by atoms with E-state index in [0.717, 1.165) is 26.2 Å². The Bertz CT molecular complexity index is 149. The first kappa shape index (κ1) is 12.9. The van der Waals surface area contributed by atoms with E-state index in [1.165, 1.54) is 0 Å². The van der Waals surface area contributed by atoms with Crippen molar-refractivity contribution in [3.63, 3.8) is 0 Å². The molecule has 0 radical (unpaired) electrons. The van der Waals surface area contributed by atoms with Gasteiger partial charge in [-0.2, -0.15) is 10.2 Å². The third kappa shape index (κ3) is 5.56. The number of hydrazone groups is 2. The predicted molar refractivity (Wildman–Crippen MR) is 62.8 cm³/mol. The summed E-state index contributed by atoms with van der Waals surface area (Å²) in [6.45, 7) is 12.1. The predicted octanol–water partition coefficient (Wildman–Crippen LogP) is 1.64. The van der Waals surface area contributed by atoms with Gasteiger partial charge in [-0.25, -0.2) is 0 Å². The van der Waals surface area contributed by atoms with Crippen LogP contribution < -0.4 is 0 Å². The molecule has 0 atom stereocenters. The van der Waals surface area contributed by atoms with Crippen molar-refractivity contribution < 1.29 is 0 Å². The zero-order valence-electron chi connectivity index (χ0n) is 9.77. The molecule has 4 heteroatoms. The molecule has 0 aliphatic heterocycles. The van der Waals surface area contributed by atoms with Gasteiger partial charge in [-0.3, -0.25) is 10.0 Å². The van der Waals surface area contributed by atoms with Crippen LogP contribution in [0.2, 0.25) is 0 Å². The van der Waals surface area contributed by atoms with Crippen molar-refractivity contribution in [2.45, 2.75) is 27.7 Å². The molecule has 0 rings (SSSR count). The first-order chi connectivity index (χ1) is 6.78. The lowest BCUT2D eigenvalue weighted by Crippen LogP contribution is -2.17. The molecule has 0 spiro atoms. The SMILES string of the molecule is CCN(CC)N=CC=NN(CC)CC. The standard InChI is InChI=1S/C10H22N4/c1-5-13(6-2)11-9-10-12-14(7-3)8-4/h9-10H,5-8H2,1-4H3. The second-order valence-electron chi connectivity index (χ2n) is 2.81. The molecule has 0 saturated carbocycles. The minimum Gasteiger partial charge on any atom is -0.298 e. The maximum atomic E-state index is 4.23. The second kappa shape index (κ2) is 8.53. The summed E-state index contributed by atoms with van der Waals surface area (Å²) < 4.78 is 0. The van der Waals surface area contributed by atoms with E-state index >= 15 is 0 Å². The van der Waals surface area contributed by atoms with Crippen LogP contribution in [0.3, 0.4) is 0 Å². The summed E-state index contributed by atoms with van der Waals surface area (Å²) in [6.07, 6.45) is 3.48. The minimum absolute atomic E-state index is 0.937. The molecule has 14 heavy (non-hydrogen) atoms. The summed E-state index contributed by atoms with van der Waals surface area (Å²) in [6, 6.07) is 0. The monoisotopic (exact) mass is 198 g/mol. The average Bonchev–Trinajstić information content (AvgIpc) is 2.24. The molecule has 0 fully saturated rings. The number of rotatable bonds is 7. The van der Waals surface area contributed by atoms with E-state index in [1.807, 2.05) is 10.0 Å². The Morgan fingerprint density at radius 1 is 0.714 bits per heavy atom. The van der Waals surface area contributed by atoms with E-state index in [4.69, 9.17) is 0 Å². The lowest BCUT2D eigenvalue weighted by atomic mass is 10.6. The molecule has 0 unspecified atom stereocenters. The Morgan fingerprint density at radius 3 is 1.21 bits per heavy atom. The van der Waals surface area contributed by atoms with Crippen LogP contribution >= 0.6 is 0 Å². The van der Waals surface area contributed by atoms with Gasteiger partial charge in [-0.1, -0.05) is 0 Å². The lowest BCUT2D eigenvalue weighted by Gasteiger charge is -2.13. The molecule has 0 aliphatic rings. The van der Waals surface area contributed by atoms with Gasteiger partial charge in [0.15, 0.2) is 0 Å². The third-order valence-corrected chi connectivity index (χ3v) is 1.99. The van der Waals surface area contributed by atoms with Crippen LogP contribution in [0.5, 0.6) is 0 Å². The summed E-state index contributed by atoms with van der Waals surface area (Å²) in [5.41, 5.74) is 0. The average molecular weight is 198 g/mol. The highest BCUT2D eigenvalue weighted by atomic mass is 15.5. The summed E-state index contributed by atoms with van der Waals surface area (Å²) in [7, 11) is 0. The van der Waals surface area contributed by atoms with Gasteiger partial charge in [0.25, 0.3) is 0 Å². The highest BCUT2D eigenvalue weighted by molar-refractivity contribution is 6.15. The molecule has 0 saturated heterocycles. The fourth-order valence-electron chi connectivity index (χ4n) is 1.02. The van der Waals surface area contributed by atoms with E-state index in [0.29, 0.717) is 0 Å². The van der Waals surface area contributed by atoms with Gasteiger partial charge >= 0.3 is 0 Å². The second-order valence-corrected chi connectivity index (χ2v) is 2.81. The van der Waals surface area contributed by atoms with Crippen molar-refractivity contribution in [3.05, 3.63) is 0 Å². The maximum Gasteiger partial charge on any atom is 0.0671 e. The summed E-state index contributed by atoms with van der Waals surface area (Å²) in [5.74, 6) is 0. The largest absolute Gasteiger partial charge is 0.298 e. The van der Waals surface area contributed by atoms with Crippen LogP contribution in [-0.2, 0) is 0 Å². The minimum atomic E-state index is 0.937. The van der Waals surface area contributed by atoms with Crippen molar-refractivity contribution in [1.29, 1.82) is 0 Å². The topological polar surface area (TPSA) is 31.2 Å². The fourth-order valence-corrected chi connectivity index (χ4v) is 1.02. The molecule has 0 aromatic carbocycles. The van der Waals surface area contributed by atoms with Crippen molar-refractivity contribution in [2.75, 3.05) is 26.2 Å². The molecule has 0 amide bonds. The molecule has 0 aliphatic carbocycles. The van der Waals surface area contributed by atoms with Crippen LogP contribution in [0.4, 0.5) is 0 Å². The number of nitrogens with zero attached hydrogens (tertiary/aromatic N) is 4. The van der Waals surface area contributed by atoms with Gasteiger partial charge in [-0.15, -0.1) is 0 Å². The Kier molecular flexibility index (Phi) is 7.89. The third-order valence-electron chi connectivity index (χ3n) is 1.99. The fraction of sp³-hybridized carbons (Fsp3) is 0.800. The zero-order valence-corrected chi connectivity index (χ0v) is 9.77. The van der Waals surface area contributed by atoms with E-state index in [-0.39, 0.29) is 0 Å². The summed E-state index contributed by atoms with van der Waals surface area (Å²) >= 11 is 0. The molecule has 4 nitrogen and oxygen atoms in total. The quantitative estimate of drug-likeness (QED) is 0.460. The summed E-state index contributed by atoms with van der Waals surface area (Å²) in [4.78, 5) is 0. The smallest absolute Gasteiger partial charge is 0.0671 e. The highest BCUT2D eigenvalue weighted by Crippen LogP contribution is 1.86. The van der Waals surface area contributed by atoms with Gasteiger partial charge in [0.2, 0.25) is 0 Å². The Labute approximate surface area is 87.3 Å². The van der Waals surface area contributed by atoms with E-state index in [2.05, 4.69) is 37.9 Å². The normalized spacial score (nSPS) is 11.4. The van der Waals surface area contributed by atoms with Gasteiger partial charge in [0.05, 0.1) is 12.4 Å². The van der Waals surface area contributed by atoms with Gasteiger partial charge in [0, 0.05) is 26.2 Å². The number of hydrogen-bond donors (Lipinski definition) is 0. The lowest BCUT2D eigenvalue weighted by molar-refractivity contribution is 0.321. The van der Waals surface area contributed by atoms with Gasteiger partial charge in [-0.05, 0) is 27.7 Å². The van der Waals surface area contributed by atoms with Gasteiger partial charge in [0.1, 0.15) is 0 Å². The molecule has 0 aromatic heterocycles. The maximum absolute atomic E-state index is 4.23. The van der Waals surface area contributed by atoms with Crippen molar-refractivity contribution in [2.24, 2.45) is 10.2 Å².